The second-order valence-corrected chi connectivity index (χ2v) is 4.07. The number of halogens is 1. The summed E-state index contributed by atoms with van der Waals surface area (Å²) in [6.07, 6.45) is 3.01. The molecule has 1 aromatic carbocycles. The molecule has 0 N–H and O–H groups in total. The normalized spacial score (nSPS) is 10.1. The average Bonchev–Trinajstić information content (AvgIpc) is 2.28. The average molecular weight is 241 g/mol. The van der Waals surface area contributed by atoms with Gasteiger partial charge in [0, 0.05) is 11.4 Å². The summed E-state index contributed by atoms with van der Waals surface area (Å²) in [6, 6.07) is 7.57. The molecule has 0 spiro atoms. The molecule has 0 saturated heterocycles. The minimum Gasteiger partial charge on any atom is -0.466 e. The van der Waals surface area contributed by atoms with Crippen LogP contribution >= 0.6 is 11.6 Å². The molecule has 0 fully saturated rings. The maximum Gasteiger partial charge on any atom is 0.306 e. The van der Waals surface area contributed by atoms with Crippen LogP contribution in [0.1, 0.15) is 31.7 Å². The monoisotopic (exact) mass is 240 g/mol. The first-order valence-electron chi connectivity index (χ1n) is 5.63. The molecule has 0 aliphatic rings. The molecule has 0 saturated carbocycles. The number of aryl methyl sites for hydroxylation is 1. The number of unbranched alkanes of at least 4 members (excludes halogenated alkanes) is 1. The maximum absolute atomic E-state index is 11.3. The highest BCUT2D eigenvalue weighted by atomic mass is 35.5. The van der Waals surface area contributed by atoms with Gasteiger partial charge < -0.3 is 4.74 Å². The van der Waals surface area contributed by atoms with Crippen molar-refractivity contribution in [3.63, 3.8) is 0 Å². The molecule has 0 heterocycles. The predicted molar refractivity (Wildman–Crippen MR) is 65.6 cm³/mol. The Bertz CT molecular complexity index is 336. The van der Waals surface area contributed by atoms with Gasteiger partial charge in [-0.1, -0.05) is 43.1 Å². The van der Waals surface area contributed by atoms with E-state index in [0.717, 1.165) is 18.4 Å². The van der Waals surface area contributed by atoms with Gasteiger partial charge in [0.1, 0.15) is 0 Å². The van der Waals surface area contributed by atoms with Crippen molar-refractivity contribution < 1.29 is 9.53 Å². The molecule has 0 aliphatic carbocycles. The fourth-order valence-electron chi connectivity index (χ4n) is 1.34. The van der Waals surface area contributed by atoms with E-state index in [1.54, 1.807) is 0 Å². The Balaban J connectivity index is 2.29. The molecule has 1 aromatic rings. The molecule has 88 valence electrons. The highest BCUT2D eigenvalue weighted by Gasteiger charge is 2.05. The summed E-state index contributed by atoms with van der Waals surface area (Å²) in [5.41, 5.74) is 0.997. The predicted octanol–water partition coefficient (Wildman–Crippen LogP) is 3.62. The van der Waals surface area contributed by atoms with Crippen LogP contribution in [0.25, 0.3) is 0 Å². The molecule has 0 radical (unpaired) electrons. The van der Waals surface area contributed by atoms with E-state index in [4.69, 9.17) is 16.3 Å². The van der Waals surface area contributed by atoms with Crippen LogP contribution in [0.15, 0.2) is 24.3 Å². The number of carbonyl (C=O) groups is 1. The van der Waals surface area contributed by atoms with Gasteiger partial charge >= 0.3 is 5.97 Å². The topological polar surface area (TPSA) is 26.3 Å². The summed E-state index contributed by atoms with van der Waals surface area (Å²) < 4.78 is 5.06. The summed E-state index contributed by atoms with van der Waals surface area (Å²) >= 11 is 5.98. The lowest BCUT2D eigenvalue weighted by molar-refractivity contribution is -0.143. The Morgan fingerprint density at radius 1 is 1.38 bits per heavy atom. The van der Waals surface area contributed by atoms with Gasteiger partial charge in [-0.25, -0.2) is 0 Å². The second-order valence-electron chi connectivity index (χ2n) is 3.67. The minimum atomic E-state index is -0.145. The third-order valence-corrected chi connectivity index (χ3v) is 2.69. The fourth-order valence-corrected chi connectivity index (χ4v) is 1.57. The van der Waals surface area contributed by atoms with E-state index in [1.165, 1.54) is 0 Å². The molecule has 0 aliphatic heterocycles. The largest absolute Gasteiger partial charge is 0.466 e. The van der Waals surface area contributed by atoms with Crippen LogP contribution in [0.5, 0.6) is 0 Å². The second kappa shape index (κ2) is 7.29. The SMILES string of the molecule is CCCCOC(=O)CCc1ccccc1Cl. The molecule has 0 atom stereocenters. The van der Waals surface area contributed by atoms with Gasteiger partial charge in [-0.2, -0.15) is 0 Å². The zero-order valence-electron chi connectivity index (χ0n) is 9.54. The van der Waals surface area contributed by atoms with Gasteiger partial charge in [0.05, 0.1) is 6.61 Å². The summed E-state index contributed by atoms with van der Waals surface area (Å²) in [5, 5.41) is 0.712. The Labute approximate surface area is 102 Å². The van der Waals surface area contributed by atoms with Crippen LogP contribution in [0, 0.1) is 0 Å². The molecule has 0 amide bonds. The molecular formula is C13H17ClO2. The summed E-state index contributed by atoms with van der Waals surface area (Å²) in [5.74, 6) is -0.145. The van der Waals surface area contributed by atoms with Crippen molar-refractivity contribution in [3.05, 3.63) is 34.9 Å². The van der Waals surface area contributed by atoms with E-state index >= 15 is 0 Å². The standard InChI is InChI=1S/C13H17ClO2/c1-2-3-10-16-13(15)9-8-11-6-4-5-7-12(11)14/h4-7H,2-3,8-10H2,1H3. The third-order valence-electron chi connectivity index (χ3n) is 2.32. The van der Waals surface area contributed by atoms with Gasteiger partial charge in [-0.15, -0.1) is 0 Å². The Kier molecular flexibility index (Phi) is 5.94. The number of esters is 1. The smallest absolute Gasteiger partial charge is 0.306 e. The van der Waals surface area contributed by atoms with Gasteiger partial charge in [0.25, 0.3) is 0 Å². The zero-order chi connectivity index (χ0) is 11.8. The van der Waals surface area contributed by atoms with Crippen molar-refractivity contribution in [3.8, 4) is 0 Å². The number of hydrogen-bond acceptors (Lipinski definition) is 2. The Morgan fingerprint density at radius 3 is 2.81 bits per heavy atom. The van der Waals surface area contributed by atoms with Crippen LogP contribution in [-0.2, 0) is 16.0 Å². The molecular weight excluding hydrogens is 224 g/mol. The molecule has 2 nitrogen and oxygen atoms in total. The lowest BCUT2D eigenvalue weighted by Gasteiger charge is -2.05. The van der Waals surface area contributed by atoms with Gasteiger partial charge in [0.2, 0.25) is 0 Å². The van der Waals surface area contributed by atoms with Crippen molar-refractivity contribution in [1.82, 2.24) is 0 Å². The van der Waals surface area contributed by atoms with Gasteiger partial charge in [0.15, 0.2) is 0 Å². The third kappa shape index (κ3) is 4.67. The number of hydrogen-bond donors (Lipinski definition) is 0. The molecule has 1 rings (SSSR count). The number of ether oxygens (including phenoxy) is 1. The molecule has 0 unspecified atom stereocenters. The van der Waals surface area contributed by atoms with E-state index < -0.39 is 0 Å². The van der Waals surface area contributed by atoms with Crippen LogP contribution in [0.3, 0.4) is 0 Å². The van der Waals surface area contributed by atoms with Crippen molar-refractivity contribution in [2.75, 3.05) is 6.61 Å². The van der Waals surface area contributed by atoms with E-state index in [-0.39, 0.29) is 5.97 Å². The zero-order valence-corrected chi connectivity index (χ0v) is 10.3. The van der Waals surface area contributed by atoms with Crippen molar-refractivity contribution >= 4 is 17.6 Å². The molecule has 0 bridgehead atoms. The Morgan fingerprint density at radius 2 is 2.12 bits per heavy atom. The van der Waals surface area contributed by atoms with Crippen LogP contribution in [-0.4, -0.2) is 12.6 Å². The summed E-state index contributed by atoms with van der Waals surface area (Å²) in [6.45, 7) is 2.59. The minimum absolute atomic E-state index is 0.145. The van der Waals surface area contributed by atoms with Crippen LogP contribution < -0.4 is 0 Å². The summed E-state index contributed by atoms with van der Waals surface area (Å²) in [7, 11) is 0. The first-order chi connectivity index (χ1) is 7.74. The van der Waals surface area contributed by atoms with E-state index in [2.05, 4.69) is 6.92 Å². The maximum atomic E-state index is 11.3. The first kappa shape index (κ1) is 13.0. The van der Waals surface area contributed by atoms with Crippen LogP contribution in [0.2, 0.25) is 5.02 Å². The van der Waals surface area contributed by atoms with Gasteiger partial charge in [-0.3, -0.25) is 4.79 Å². The lowest BCUT2D eigenvalue weighted by atomic mass is 10.1. The first-order valence-corrected chi connectivity index (χ1v) is 6.01. The van der Waals surface area contributed by atoms with Gasteiger partial charge in [-0.05, 0) is 24.5 Å². The Hall–Kier alpha value is -1.02. The van der Waals surface area contributed by atoms with Crippen molar-refractivity contribution in [2.24, 2.45) is 0 Å². The fraction of sp³-hybridized carbons (Fsp3) is 0.462. The van der Waals surface area contributed by atoms with Crippen molar-refractivity contribution in [2.45, 2.75) is 32.6 Å². The van der Waals surface area contributed by atoms with E-state index in [9.17, 15) is 4.79 Å². The van der Waals surface area contributed by atoms with Crippen LogP contribution in [0.4, 0.5) is 0 Å². The number of rotatable bonds is 6. The number of carbonyl (C=O) groups excluding carboxylic acids is 1. The molecule has 16 heavy (non-hydrogen) atoms. The van der Waals surface area contributed by atoms with E-state index in [0.29, 0.717) is 24.5 Å². The summed E-state index contributed by atoms with van der Waals surface area (Å²) in [4.78, 5) is 11.3. The quantitative estimate of drug-likeness (QED) is 0.561. The van der Waals surface area contributed by atoms with E-state index in [1.807, 2.05) is 24.3 Å². The molecule has 3 heteroatoms. The molecule has 0 aromatic heterocycles. The van der Waals surface area contributed by atoms with Crippen molar-refractivity contribution in [1.29, 1.82) is 0 Å². The highest BCUT2D eigenvalue weighted by molar-refractivity contribution is 6.31. The number of benzene rings is 1. The lowest BCUT2D eigenvalue weighted by Crippen LogP contribution is -2.07. The highest BCUT2D eigenvalue weighted by Crippen LogP contribution is 2.16.